The highest BCUT2D eigenvalue weighted by Gasteiger charge is 2.51. The maximum atomic E-state index is 6.30. The summed E-state index contributed by atoms with van der Waals surface area (Å²) in [4.78, 5) is 5.43. The van der Waals surface area contributed by atoms with Gasteiger partial charge in [-0.1, -0.05) is 6.92 Å². The fraction of sp³-hybridized carbons (Fsp3) is 1.00. The maximum absolute atomic E-state index is 6.30. The predicted molar refractivity (Wildman–Crippen MR) is 81.8 cm³/mol. The van der Waals surface area contributed by atoms with Crippen molar-refractivity contribution in [2.45, 2.75) is 76.2 Å². The second kappa shape index (κ2) is 5.56. The Morgan fingerprint density at radius 1 is 1.30 bits per heavy atom. The molecule has 1 saturated carbocycles. The first kappa shape index (κ1) is 14.8. The highest BCUT2D eigenvalue weighted by molar-refractivity contribution is 5.08. The van der Waals surface area contributed by atoms with Crippen LogP contribution >= 0.6 is 0 Å². The molecule has 0 aromatic carbocycles. The fourth-order valence-electron chi connectivity index (χ4n) is 4.36. The van der Waals surface area contributed by atoms with Crippen LogP contribution in [-0.4, -0.2) is 65.8 Å². The van der Waals surface area contributed by atoms with Crippen LogP contribution in [-0.2, 0) is 4.74 Å². The van der Waals surface area contributed by atoms with Gasteiger partial charge >= 0.3 is 0 Å². The molecule has 2 saturated heterocycles. The van der Waals surface area contributed by atoms with Crippen LogP contribution in [0.1, 0.15) is 46.5 Å². The van der Waals surface area contributed by atoms with Crippen LogP contribution in [0.5, 0.6) is 0 Å². The molecule has 2 aliphatic heterocycles. The molecule has 4 nitrogen and oxygen atoms in total. The second-order valence-electron chi connectivity index (χ2n) is 7.24. The van der Waals surface area contributed by atoms with E-state index in [1.165, 1.54) is 25.8 Å². The van der Waals surface area contributed by atoms with Gasteiger partial charge in [-0.05, 0) is 39.5 Å². The highest BCUT2D eigenvalue weighted by atomic mass is 16.5. The first-order valence-electron chi connectivity index (χ1n) is 8.44. The van der Waals surface area contributed by atoms with E-state index in [0.29, 0.717) is 18.2 Å². The molecule has 0 spiro atoms. The van der Waals surface area contributed by atoms with Crippen LogP contribution in [0.2, 0.25) is 0 Å². The molecule has 0 bridgehead atoms. The molecule has 0 aromatic heterocycles. The lowest BCUT2D eigenvalue weighted by atomic mass is 9.90. The summed E-state index contributed by atoms with van der Waals surface area (Å²) in [5.74, 6) is 0. The topological polar surface area (TPSA) is 41.7 Å². The summed E-state index contributed by atoms with van der Waals surface area (Å²) >= 11 is 0. The summed E-state index contributed by atoms with van der Waals surface area (Å²) in [6.07, 6.45) is 5.50. The van der Waals surface area contributed by atoms with Gasteiger partial charge in [0.25, 0.3) is 0 Å². The third-order valence-electron chi connectivity index (χ3n) is 5.66. The summed E-state index contributed by atoms with van der Waals surface area (Å²) < 4.78 is 5.88. The smallest absolute Gasteiger partial charge is 0.0675 e. The maximum Gasteiger partial charge on any atom is 0.0675 e. The molecule has 0 radical (unpaired) electrons. The molecule has 2 N–H and O–H groups in total. The first-order valence-corrected chi connectivity index (χ1v) is 8.44. The van der Waals surface area contributed by atoms with E-state index in [-0.39, 0.29) is 5.54 Å². The number of morpholine rings is 1. The van der Waals surface area contributed by atoms with E-state index in [0.717, 1.165) is 32.2 Å². The average molecular weight is 281 g/mol. The predicted octanol–water partition coefficient (Wildman–Crippen LogP) is 1.44. The Labute approximate surface area is 123 Å². The van der Waals surface area contributed by atoms with Crippen LogP contribution < -0.4 is 5.73 Å². The molecule has 20 heavy (non-hydrogen) atoms. The van der Waals surface area contributed by atoms with Gasteiger partial charge in [0.15, 0.2) is 0 Å². The van der Waals surface area contributed by atoms with Crippen molar-refractivity contribution in [3.8, 4) is 0 Å². The van der Waals surface area contributed by atoms with Crippen LogP contribution in [0, 0.1) is 0 Å². The van der Waals surface area contributed by atoms with Gasteiger partial charge in [-0.15, -0.1) is 0 Å². The van der Waals surface area contributed by atoms with E-state index in [4.69, 9.17) is 10.5 Å². The van der Waals surface area contributed by atoms with Gasteiger partial charge in [0.1, 0.15) is 0 Å². The van der Waals surface area contributed by atoms with Gasteiger partial charge in [0, 0.05) is 43.3 Å². The Morgan fingerprint density at radius 2 is 2.05 bits per heavy atom. The number of rotatable bonds is 4. The molecule has 4 atom stereocenters. The summed E-state index contributed by atoms with van der Waals surface area (Å²) in [5.41, 5.74) is 6.48. The summed E-state index contributed by atoms with van der Waals surface area (Å²) in [6.45, 7) is 10.7. The minimum Gasteiger partial charge on any atom is -0.376 e. The SMILES string of the molecule is CCC1COC(C)CN1C1(CN)CC(C)N(C2CC2)C1. The number of likely N-dealkylation sites (tertiary alicyclic amines) is 1. The van der Waals surface area contributed by atoms with E-state index in [1.54, 1.807) is 0 Å². The monoisotopic (exact) mass is 281 g/mol. The quantitative estimate of drug-likeness (QED) is 0.847. The van der Waals surface area contributed by atoms with Crippen molar-refractivity contribution in [2.75, 3.05) is 26.2 Å². The van der Waals surface area contributed by atoms with E-state index < -0.39 is 0 Å². The van der Waals surface area contributed by atoms with Gasteiger partial charge in [-0.25, -0.2) is 0 Å². The standard InChI is InChI=1S/C16H31N3O/c1-4-14-9-20-13(3)8-19(14)16(10-17)7-12(2)18(11-16)15-5-6-15/h12-15H,4-11,17H2,1-3H3. The Bertz CT molecular complexity index is 347. The highest BCUT2D eigenvalue weighted by Crippen LogP contribution is 2.41. The molecule has 0 aromatic rings. The number of nitrogens with two attached hydrogens (primary N) is 1. The van der Waals surface area contributed by atoms with Crippen molar-refractivity contribution in [2.24, 2.45) is 5.73 Å². The molecule has 3 fully saturated rings. The van der Waals surface area contributed by atoms with Crippen molar-refractivity contribution in [1.29, 1.82) is 0 Å². The third kappa shape index (κ3) is 2.52. The molecule has 4 heteroatoms. The third-order valence-corrected chi connectivity index (χ3v) is 5.66. The lowest BCUT2D eigenvalue weighted by molar-refractivity contribution is -0.0963. The van der Waals surface area contributed by atoms with Crippen LogP contribution in [0.3, 0.4) is 0 Å². The summed E-state index contributed by atoms with van der Waals surface area (Å²) in [5, 5.41) is 0. The number of hydrogen-bond donors (Lipinski definition) is 1. The van der Waals surface area contributed by atoms with Crippen molar-refractivity contribution >= 4 is 0 Å². The molecule has 2 heterocycles. The lowest BCUT2D eigenvalue weighted by Gasteiger charge is -2.49. The van der Waals surface area contributed by atoms with Crippen LogP contribution in [0.25, 0.3) is 0 Å². The van der Waals surface area contributed by atoms with Gasteiger partial charge in [-0.3, -0.25) is 9.80 Å². The lowest BCUT2D eigenvalue weighted by Crippen LogP contribution is -2.64. The zero-order chi connectivity index (χ0) is 14.3. The van der Waals surface area contributed by atoms with Crippen LogP contribution in [0.4, 0.5) is 0 Å². The minimum absolute atomic E-state index is 0.181. The van der Waals surface area contributed by atoms with Crippen molar-refractivity contribution in [1.82, 2.24) is 9.80 Å². The zero-order valence-corrected chi connectivity index (χ0v) is 13.3. The molecule has 3 rings (SSSR count). The number of hydrogen-bond acceptors (Lipinski definition) is 4. The van der Waals surface area contributed by atoms with E-state index in [2.05, 4.69) is 30.6 Å². The van der Waals surface area contributed by atoms with Crippen molar-refractivity contribution in [3.05, 3.63) is 0 Å². The van der Waals surface area contributed by atoms with Gasteiger partial charge in [0.05, 0.1) is 12.7 Å². The summed E-state index contributed by atoms with van der Waals surface area (Å²) in [7, 11) is 0. The molecule has 0 amide bonds. The van der Waals surface area contributed by atoms with Crippen molar-refractivity contribution in [3.63, 3.8) is 0 Å². The zero-order valence-electron chi connectivity index (χ0n) is 13.3. The normalized spacial score (nSPS) is 44.1. The van der Waals surface area contributed by atoms with Gasteiger partial charge in [0.2, 0.25) is 0 Å². The largest absolute Gasteiger partial charge is 0.376 e. The Hall–Kier alpha value is -0.160. The van der Waals surface area contributed by atoms with E-state index in [1.807, 2.05) is 0 Å². The number of ether oxygens (including phenoxy) is 1. The van der Waals surface area contributed by atoms with Crippen molar-refractivity contribution < 1.29 is 4.74 Å². The second-order valence-corrected chi connectivity index (χ2v) is 7.24. The molecular formula is C16H31N3O. The molecule has 1 aliphatic carbocycles. The first-order chi connectivity index (χ1) is 9.59. The number of nitrogens with zero attached hydrogens (tertiary/aromatic N) is 2. The average Bonchev–Trinajstić information content (AvgIpc) is 3.23. The molecule has 4 unspecified atom stereocenters. The van der Waals surface area contributed by atoms with Crippen LogP contribution in [0.15, 0.2) is 0 Å². The van der Waals surface area contributed by atoms with Gasteiger partial charge in [-0.2, -0.15) is 0 Å². The Kier molecular flexibility index (Phi) is 4.10. The Morgan fingerprint density at radius 3 is 2.65 bits per heavy atom. The molecular weight excluding hydrogens is 250 g/mol. The van der Waals surface area contributed by atoms with Gasteiger partial charge < -0.3 is 10.5 Å². The molecule has 3 aliphatic rings. The Balaban J connectivity index is 1.80. The summed E-state index contributed by atoms with van der Waals surface area (Å²) in [6, 6.07) is 2.07. The van der Waals surface area contributed by atoms with E-state index >= 15 is 0 Å². The van der Waals surface area contributed by atoms with E-state index in [9.17, 15) is 0 Å². The fourth-order valence-corrected chi connectivity index (χ4v) is 4.36. The molecule has 116 valence electrons. The minimum atomic E-state index is 0.181.